The Morgan fingerprint density at radius 1 is 1.30 bits per heavy atom. The lowest BCUT2D eigenvalue weighted by molar-refractivity contribution is -0.125. The first-order chi connectivity index (χ1) is 9.66. The fraction of sp³-hybridized carbons (Fsp3) is 0.250. The third-order valence-electron chi connectivity index (χ3n) is 2.39. The molecule has 0 bridgehead atoms. The number of pyridine rings is 1. The summed E-state index contributed by atoms with van der Waals surface area (Å²) in [5.41, 5.74) is 7.10. The lowest BCUT2D eigenvalue weighted by atomic mass is 10.2. The van der Waals surface area contributed by atoms with Crippen LogP contribution in [-0.4, -0.2) is 34.7 Å². The first-order valence-corrected chi connectivity index (χ1v) is 5.84. The van der Waals surface area contributed by atoms with Crippen LogP contribution >= 0.6 is 0 Å². The van der Waals surface area contributed by atoms with E-state index in [0.717, 1.165) is 0 Å². The normalized spacial score (nSPS) is 10.8. The van der Waals surface area contributed by atoms with Crippen LogP contribution in [0, 0.1) is 0 Å². The predicted molar refractivity (Wildman–Crippen MR) is 70.1 cm³/mol. The van der Waals surface area contributed by atoms with Crippen LogP contribution in [-0.2, 0) is 4.74 Å². The van der Waals surface area contributed by atoms with Gasteiger partial charge in [0.1, 0.15) is 5.82 Å². The Balaban J connectivity index is 1.99. The van der Waals surface area contributed by atoms with Gasteiger partial charge in [0.15, 0.2) is 0 Å². The van der Waals surface area contributed by atoms with Gasteiger partial charge >= 0.3 is 6.61 Å². The van der Waals surface area contributed by atoms with Crippen LogP contribution in [0.2, 0.25) is 0 Å². The molecule has 0 amide bonds. The minimum atomic E-state index is -2.78. The van der Waals surface area contributed by atoms with Gasteiger partial charge in [-0.25, -0.2) is 4.98 Å². The summed E-state index contributed by atoms with van der Waals surface area (Å²) in [4.78, 5) is 12.2. The van der Waals surface area contributed by atoms with E-state index in [1.54, 1.807) is 18.3 Å². The third-order valence-corrected chi connectivity index (χ3v) is 2.39. The van der Waals surface area contributed by atoms with Crippen molar-refractivity contribution in [3.63, 3.8) is 0 Å². The second-order valence-electron chi connectivity index (χ2n) is 3.77. The fourth-order valence-corrected chi connectivity index (χ4v) is 1.51. The highest BCUT2D eigenvalue weighted by Gasteiger charge is 2.07. The Morgan fingerprint density at radius 2 is 2.15 bits per heavy atom. The fourth-order valence-electron chi connectivity index (χ4n) is 1.51. The van der Waals surface area contributed by atoms with Crippen LogP contribution in [0.1, 0.15) is 0 Å². The molecular weight excluding hydrogens is 268 g/mol. The summed E-state index contributed by atoms with van der Waals surface area (Å²) < 4.78 is 27.6. The Hall–Kier alpha value is -2.35. The van der Waals surface area contributed by atoms with Crippen molar-refractivity contribution in [1.82, 2.24) is 15.0 Å². The number of aromatic nitrogens is 3. The van der Waals surface area contributed by atoms with E-state index in [2.05, 4.69) is 25.0 Å². The predicted octanol–water partition coefficient (Wildman–Crippen LogP) is 1.77. The SMILES string of the molecule is Nc1nc(NCCOC(F)F)ncc1-c1ccccn1. The molecule has 0 atom stereocenters. The number of nitrogens with two attached hydrogens (primary N) is 1. The van der Waals surface area contributed by atoms with E-state index in [1.165, 1.54) is 6.20 Å². The summed E-state index contributed by atoms with van der Waals surface area (Å²) in [6.07, 6.45) is 3.17. The van der Waals surface area contributed by atoms with E-state index in [-0.39, 0.29) is 24.9 Å². The van der Waals surface area contributed by atoms with E-state index in [1.807, 2.05) is 6.07 Å². The van der Waals surface area contributed by atoms with Gasteiger partial charge in [-0.2, -0.15) is 13.8 Å². The topological polar surface area (TPSA) is 86.0 Å². The molecule has 2 aromatic rings. The molecule has 2 heterocycles. The minimum Gasteiger partial charge on any atom is -0.383 e. The van der Waals surface area contributed by atoms with Crippen LogP contribution < -0.4 is 11.1 Å². The van der Waals surface area contributed by atoms with E-state index in [4.69, 9.17) is 5.73 Å². The second-order valence-corrected chi connectivity index (χ2v) is 3.77. The molecule has 2 rings (SSSR count). The Morgan fingerprint density at radius 3 is 2.80 bits per heavy atom. The monoisotopic (exact) mass is 281 g/mol. The molecule has 3 N–H and O–H groups in total. The van der Waals surface area contributed by atoms with Gasteiger partial charge in [0, 0.05) is 18.9 Å². The molecule has 0 saturated carbocycles. The van der Waals surface area contributed by atoms with Crippen LogP contribution in [0.3, 0.4) is 0 Å². The van der Waals surface area contributed by atoms with Gasteiger partial charge in [0.2, 0.25) is 5.95 Å². The van der Waals surface area contributed by atoms with Gasteiger partial charge in [-0.15, -0.1) is 0 Å². The lowest BCUT2D eigenvalue weighted by Crippen LogP contribution is -2.14. The standard InChI is InChI=1S/C12H13F2N5O/c13-11(14)20-6-5-17-12-18-7-8(10(15)19-12)9-3-1-2-4-16-9/h1-4,7,11H,5-6H2,(H3,15,17,18,19). The minimum absolute atomic E-state index is 0.150. The van der Waals surface area contributed by atoms with E-state index in [0.29, 0.717) is 11.3 Å². The van der Waals surface area contributed by atoms with Crippen LogP contribution in [0.15, 0.2) is 30.6 Å². The van der Waals surface area contributed by atoms with Gasteiger partial charge in [0.05, 0.1) is 17.9 Å². The molecular formula is C12H13F2N5O. The zero-order chi connectivity index (χ0) is 14.4. The zero-order valence-corrected chi connectivity index (χ0v) is 10.5. The highest BCUT2D eigenvalue weighted by atomic mass is 19.3. The number of nitrogen functional groups attached to an aromatic ring is 1. The molecule has 0 radical (unpaired) electrons. The van der Waals surface area contributed by atoms with E-state index >= 15 is 0 Å². The van der Waals surface area contributed by atoms with Crippen LogP contribution in [0.25, 0.3) is 11.3 Å². The molecule has 106 valence electrons. The molecule has 6 nitrogen and oxygen atoms in total. The maximum atomic E-state index is 11.8. The van der Waals surface area contributed by atoms with Gasteiger partial charge in [-0.3, -0.25) is 4.98 Å². The van der Waals surface area contributed by atoms with Gasteiger partial charge in [0.25, 0.3) is 0 Å². The number of nitrogens with zero attached hydrogens (tertiary/aromatic N) is 3. The molecule has 0 saturated heterocycles. The van der Waals surface area contributed by atoms with Crippen molar-refractivity contribution in [2.75, 3.05) is 24.2 Å². The average Bonchev–Trinajstić information content (AvgIpc) is 2.44. The summed E-state index contributed by atoms with van der Waals surface area (Å²) in [5, 5.41) is 2.74. The number of rotatable bonds is 6. The molecule has 0 fully saturated rings. The number of ether oxygens (including phenoxy) is 1. The molecule has 0 aliphatic heterocycles. The van der Waals surface area contributed by atoms with Crippen molar-refractivity contribution >= 4 is 11.8 Å². The maximum Gasteiger partial charge on any atom is 0.345 e. The van der Waals surface area contributed by atoms with Crippen molar-refractivity contribution in [1.29, 1.82) is 0 Å². The van der Waals surface area contributed by atoms with E-state index < -0.39 is 6.61 Å². The first kappa shape index (κ1) is 14.1. The second kappa shape index (κ2) is 6.71. The third kappa shape index (κ3) is 3.82. The number of alkyl halides is 2. The Bertz CT molecular complexity index is 553. The lowest BCUT2D eigenvalue weighted by Gasteiger charge is -2.08. The summed E-state index contributed by atoms with van der Waals surface area (Å²) in [6.45, 7) is -2.77. The van der Waals surface area contributed by atoms with Crippen LogP contribution in [0.5, 0.6) is 0 Å². The highest BCUT2D eigenvalue weighted by molar-refractivity contribution is 5.70. The Kier molecular flexibility index (Phi) is 4.72. The van der Waals surface area contributed by atoms with Crippen molar-refractivity contribution in [2.45, 2.75) is 6.61 Å². The summed E-state index contributed by atoms with van der Waals surface area (Å²) in [5.74, 6) is 0.510. The summed E-state index contributed by atoms with van der Waals surface area (Å²) >= 11 is 0. The number of anilines is 2. The van der Waals surface area contributed by atoms with Crippen molar-refractivity contribution < 1.29 is 13.5 Å². The quantitative estimate of drug-likeness (QED) is 0.785. The molecule has 0 spiro atoms. The summed E-state index contributed by atoms with van der Waals surface area (Å²) in [7, 11) is 0. The van der Waals surface area contributed by atoms with E-state index in [9.17, 15) is 8.78 Å². The number of hydrogen-bond donors (Lipinski definition) is 2. The Labute approximate surface area is 114 Å². The van der Waals surface area contributed by atoms with Gasteiger partial charge in [-0.1, -0.05) is 6.07 Å². The van der Waals surface area contributed by atoms with Crippen molar-refractivity contribution in [3.05, 3.63) is 30.6 Å². The zero-order valence-electron chi connectivity index (χ0n) is 10.5. The largest absolute Gasteiger partial charge is 0.383 e. The smallest absolute Gasteiger partial charge is 0.345 e. The molecule has 0 aliphatic carbocycles. The van der Waals surface area contributed by atoms with Crippen molar-refractivity contribution in [2.24, 2.45) is 0 Å². The average molecular weight is 281 g/mol. The first-order valence-electron chi connectivity index (χ1n) is 5.84. The van der Waals surface area contributed by atoms with Gasteiger partial charge in [-0.05, 0) is 12.1 Å². The number of nitrogens with one attached hydrogen (secondary N) is 1. The number of halogens is 2. The van der Waals surface area contributed by atoms with Crippen LogP contribution in [0.4, 0.5) is 20.5 Å². The molecule has 0 unspecified atom stereocenters. The van der Waals surface area contributed by atoms with Gasteiger partial charge < -0.3 is 15.8 Å². The molecule has 2 aromatic heterocycles. The number of hydrogen-bond acceptors (Lipinski definition) is 6. The molecule has 0 aliphatic rings. The molecule has 8 heteroatoms. The molecule has 20 heavy (non-hydrogen) atoms. The maximum absolute atomic E-state index is 11.8. The van der Waals surface area contributed by atoms with Crippen molar-refractivity contribution in [3.8, 4) is 11.3 Å². The molecule has 0 aromatic carbocycles. The summed E-state index contributed by atoms with van der Waals surface area (Å²) in [6, 6.07) is 5.41. The highest BCUT2D eigenvalue weighted by Crippen LogP contribution is 2.21.